The van der Waals surface area contributed by atoms with Gasteiger partial charge in [0.2, 0.25) is 11.7 Å². The minimum Gasteiger partial charge on any atom is -0.353 e. The molecule has 0 atom stereocenters. The van der Waals surface area contributed by atoms with Crippen molar-refractivity contribution < 1.29 is 9.59 Å². The Bertz CT molecular complexity index is 1240. The predicted octanol–water partition coefficient (Wildman–Crippen LogP) is 2.74. The Labute approximate surface area is 196 Å². The molecule has 2 heterocycles. The maximum Gasteiger partial charge on any atom is 0.262 e. The molecule has 0 spiro atoms. The zero-order chi connectivity index (χ0) is 23.5. The number of nitrogens with zero attached hydrogens (tertiary/aromatic N) is 4. The van der Waals surface area contributed by atoms with Crippen LogP contribution in [-0.2, 0) is 11.3 Å². The van der Waals surface area contributed by atoms with Gasteiger partial charge in [0.05, 0.1) is 16.7 Å². The van der Waals surface area contributed by atoms with Crippen molar-refractivity contribution in [3.05, 3.63) is 34.1 Å². The number of thioether (sulfide) groups is 1. The summed E-state index contributed by atoms with van der Waals surface area (Å²) in [5, 5.41) is 15.5. The van der Waals surface area contributed by atoms with E-state index in [1.807, 2.05) is 20.8 Å². The molecular formula is C23H30N6O3S. The summed E-state index contributed by atoms with van der Waals surface area (Å²) in [6.07, 6.45) is 5.12. The smallest absolute Gasteiger partial charge is 0.262 e. The third kappa shape index (κ3) is 4.90. The lowest BCUT2D eigenvalue weighted by atomic mass is 10.1. The molecule has 0 radical (unpaired) electrons. The lowest BCUT2D eigenvalue weighted by Crippen LogP contribution is -2.33. The molecule has 10 heteroatoms. The van der Waals surface area contributed by atoms with E-state index in [4.69, 9.17) is 0 Å². The molecule has 1 aliphatic rings. The van der Waals surface area contributed by atoms with Gasteiger partial charge >= 0.3 is 0 Å². The molecule has 1 aromatic carbocycles. The third-order valence-electron chi connectivity index (χ3n) is 5.75. The van der Waals surface area contributed by atoms with Gasteiger partial charge in [0.1, 0.15) is 0 Å². The summed E-state index contributed by atoms with van der Waals surface area (Å²) in [4.78, 5) is 38.2. The Morgan fingerprint density at radius 2 is 1.97 bits per heavy atom. The summed E-state index contributed by atoms with van der Waals surface area (Å²) in [6.45, 7) is 6.28. The molecule has 0 bridgehead atoms. The zero-order valence-corrected chi connectivity index (χ0v) is 20.1. The summed E-state index contributed by atoms with van der Waals surface area (Å²) >= 11 is 1.28. The number of benzene rings is 1. The zero-order valence-electron chi connectivity index (χ0n) is 19.3. The summed E-state index contributed by atoms with van der Waals surface area (Å²) < 4.78 is 3.39. The number of aromatic nitrogens is 4. The number of carbonyl (C=O) groups is 2. The fraction of sp³-hybridized carbons (Fsp3) is 0.522. The summed E-state index contributed by atoms with van der Waals surface area (Å²) in [6, 6.07) is 5.29. The van der Waals surface area contributed by atoms with Crippen LogP contribution in [0.5, 0.6) is 0 Å². The fourth-order valence-electron chi connectivity index (χ4n) is 4.26. The van der Waals surface area contributed by atoms with Gasteiger partial charge in [0.15, 0.2) is 5.16 Å². The maximum absolute atomic E-state index is 13.2. The summed E-state index contributed by atoms with van der Waals surface area (Å²) in [7, 11) is 0. The topological polar surface area (TPSA) is 110 Å². The number of hydrogen-bond donors (Lipinski definition) is 2. The first kappa shape index (κ1) is 23.3. The molecular weight excluding hydrogens is 440 g/mol. The minimum atomic E-state index is -0.212. The average molecular weight is 471 g/mol. The SMILES string of the molecule is CCCn1c(=O)c2ccc(C(=O)NC(C)C)cc2n2c(SCC(=O)NC3CCCC3)nnc12. The quantitative estimate of drug-likeness (QED) is 0.490. The van der Waals surface area contributed by atoms with Crippen molar-refractivity contribution in [3.8, 4) is 0 Å². The molecule has 1 fully saturated rings. The number of fused-ring (bicyclic) bond motifs is 3. The van der Waals surface area contributed by atoms with Gasteiger partial charge in [-0.15, -0.1) is 10.2 Å². The van der Waals surface area contributed by atoms with Crippen LogP contribution < -0.4 is 16.2 Å². The van der Waals surface area contributed by atoms with E-state index in [0.29, 0.717) is 33.9 Å². The number of nitrogens with one attached hydrogen (secondary N) is 2. The largest absolute Gasteiger partial charge is 0.353 e. The molecule has 0 unspecified atom stereocenters. The molecule has 2 N–H and O–H groups in total. The molecule has 1 saturated carbocycles. The van der Waals surface area contributed by atoms with E-state index in [1.54, 1.807) is 27.2 Å². The highest BCUT2D eigenvalue weighted by atomic mass is 32.2. The third-order valence-corrected chi connectivity index (χ3v) is 6.68. The van der Waals surface area contributed by atoms with E-state index >= 15 is 0 Å². The monoisotopic (exact) mass is 470 g/mol. The van der Waals surface area contributed by atoms with E-state index < -0.39 is 0 Å². The summed E-state index contributed by atoms with van der Waals surface area (Å²) in [5.41, 5.74) is 0.842. The Balaban J connectivity index is 1.74. The fourth-order valence-corrected chi connectivity index (χ4v) is 5.01. The van der Waals surface area contributed by atoms with Crippen molar-refractivity contribution in [2.75, 3.05) is 5.75 Å². The van der Waals surface area contributed by atoms with Crippen molar-refractivity contribution in [2.24, 2.45) is 0 Å². The number of aryl methyl sites for hydroxylation is 1. The van der Waals surface area contributed by atoms with Crippen LogP contribution in [0.15, 0.2) is 28.2 Å². The Kier molecular flexibility index (Phi) is 7.02. The molecule has 33 heavy (non-hydrogen) atoms. The minimum absolute atomic E-state index is 0.00909. The molecule has 176 valence electrons. The predicted molar refractivity (Wildman–Crippen MR) is 129 cm³/mol. The molecule has 1 aliphatic carbocycles. The van der Waals surface area contributed by atoms with Crippen molar-refractivity contribution in [2.45, 2.75) is 76.7 Å². The van der Waals surface area contributed by atoms with Gasteiger partial charge in [0, 0.05) is 24.2 Å². The molecule has 2 amide bonds. The highest BCUT2D eigenvalue weighted by Gasteiger charge is 2.21. The normalized spacial score (nSPS) is 14.4. The van der Waals surface area contributed by atoms with Crippen LogP contribution >= 0.6 is 11.8 Å². The Hall–Kier alpha value is -2.88. The second-order valence-corrected chi connectivity index (χ2v) is 9.71. The van der Waals surface area contributed by atoms with Gasteiger partial charge in [-0.1, -0.05) is 31.5 Å². The second-order valence-electron chi connectivity index (χ2n) is 8.77. The van der Waals surface area contributed by atoms with Crippen molar-refractivity contribution in [1.82, 2.24) is 29.8 Å². The molecule has 4 rings (SSSR count). The van der Waals surface area contributed by atoms with E-state index in [9.17, 15) is 14.4 Å². The number of carbonyl (C=O) groups excluding carboxylic acids is 2. The van der Waals surface area contributed by atoms with Gasteiger partial charge in [-0.3, -0.25) is 23.4 Å². The van der Waals surface area contributed by atoms with E-state index in [-0.39, 0.29) is 35.2 Å². The van der Waals surface area contributed by atoms with Crippen LogP contribution in [0.25, 0.3) is 16.7 Å². The first-order valence-corrected chi connectivity index (χ1v) is 12.5. The van der Waals surface area contributed by atoms with Crippen molar-refractivity contribution in [1.29, 1.82) is 0 Å². The number of hydrogen-bond acceptors (Lipinski definition) is 6. The van der Waals surface area contributed by atoms with Gasteiger partial charge in [-0.2, -0.15) is 0 Å². The lowest BCUT2D eigenvalue weighted by molar-refractivity contribution is -0.119. The standard InChI is InChI=1S/C23H30N6O3S/c1-4-11-28-21(32)17-10-9-15(20(31)24-14(2)3)12-18(17)29-22(28)26-27-23(29)33-13-19(30)25-16-7-5-6-8-16/h9-10,12,14,16H,4-8,11,13H2,1-3H3,(H,24,31)(H,25,30). The average Bonchev–Trinajstić information content (AvgIpc) is 3.44. The van der Waals surface area contributed by atoms with Gasteiger partial charge in [-0.25, -0.2) is 0 Å². The van der Waals surface area contributed by atoms with Gasteiger partial charge in [0.25, 0.3) is 11.5 Å². The van der Waals surface area contributed by atoms with Crippen LogP contribution in [0.1, 0.15) is 63.2 Å². The first-order valence-electron chi connectivity index (χ1n) is 11.5. The highest BCUT2D eigenvalue weighted by Crippen LogP contribution is 2.23. The van der Waals surface area contributed by atoms with Crippen LogP contribution in [0, 0.1) is 0 Å². The van der Waals surface area contributed by atoms with Crippen molar-refractivity contribution in [3.63, 3.8) is 0 Å². The molecule has 2 aromatic heterocycles. The van der Waals surface area contributed by atoms with Crippen LogP contribution in [0.4, 0.5) is 0 Å². The molecule has 0 saturated heterocycles. The Morgan fingerprint density at radius 3 is 2.67 bits per heavy atom. The van der Waals surface area contributed by atoms with Gasteiger partial charge < -0.3 is 10.6 Å². The molecule has 0 aliphatic heterocycles. The maximum atomic E-state index is 13.2. The van der Waals surface area contributed by atoms with E-state index in [1.165, 1.54) is 11.8 Å². The van der Waals surface area contributed by atoms with Crippen LogP contribution in [0.2, 0.25) is 0 Å². The number of rotatable bonds is 8. The lowest BCUT2D eigenvalue weighted by Gasteiger charge is -2.13. The van der Waals surface area contributed by atoms with Gasteiger partial charge in [-0.05, 0) is 51.3 Å². The summed E-state index contributed by atoms with van der Waals surface area (Å²) in [5.74, 6) is 0.372. The van der Waals surface area contributed by atoms with Crippen LogP contribution in [0.3, 0.4) is 0 Å². The molecule has 9 nitrogen and oxygen atoms in total. The van der Waals surface area contributed by atoms with E-state index in [2.05, 4.69) is 20.8 Å². The molecule has 3 aromatic rings. The van der Waals surface area contributed by atoms with E-state index in [0.717, 1.165) is 32.1 Å². The van der Waals surface area contributed by atoms with Crippen LogP contribution in [-0.4, -0.2) is 48.8 Å². The van der Waals surface area contributed by atoms with Crippen molar-refractivity contribution >= 4 is 40.3 Å². The number of amides is 2. The second kappa shape index (κ2) is 9.94. The Morgan fingerprint density at radius 1 is 1.21 bits per heavy atom. The highest BCUT2D eigenvalue weighted by molar-refractivity contribution is 7.99. The first-order chi connectivity index (χ1) is 15.9.